The van der Waals surface area contributed by atoms with Crippen LogP contribution in [-0.4, -0.2) is 23.9 Å². The molecule has 16 heavy (non-hydrogen) atoms. The third-order valence-electron chi connectivity index (χ3n) is 2.29. The molecule has 0 unspecified atom stereocenters. The fourth-order valence-corrected chi connectivity index (χ4v) is 1.47. The molecule has 84 valence electrons. The monoisotopic (exact) mass is 218 g/mol. The molecule has 0 radical (unpaired) electrons. The minimum absolute atomic E-state index is 0.581. The van der Waals surface area contributed by atoms with E-state index >= 15 is 0 Å². The van der Waals surface area contributed by atoms with Crippen LogP contribution in [0.2, 0.25) is 0 Å². The molecule has 2 rings (SSSR count). The van der Waals surface area contributed by atoms with Gasteiger partial charge in [-0.05, 0) is 12.1 Å². The molecule has 0 aliphatic carbocycles. The predicted octanol–water partition coefficient (Wildman–Crippen LogP) is 1.50. The van der Waals surface area contributed by atoms with Crippen LogP contribution in [0, 0.1) is 0 Å². The second kappa shape index (κ2) is 4.14. The average molecular weight is 218 g/mol. The molecule has 3 N–H and O–H groups in total. The third-order valence-corrected chi connectivity index (χ3v) is 2.29. The molecule has 1 heterocycles. The fourth-order valence-electron chi connectivity index (χ4n) is 1.47. The second-order valence-corrected chi connectivity index (χ2v) is 3.32. The highest BCUT2D eigenvalue weighted by Crippen LogP contribution is 2.20. The van der Waals surface area contributed by atoms with Crippen LogP contribution in [0.15, 0.2) is 30.3 Å². The number of hydrogen-bond donors (Lipinski definition) is 2. The van der Waals surface area contributed by atoms with Crippen molar-refractivity contribution in [1.82, 2.24) is 9.78 Å². The number of rotatable bonds is 3. The Morgan fingerprint density at radius 1 is 1.38 bits per heavy atom. The molecule has 5 heteroatoms. The number of anilines is 2. The molecule has 2 aromatic rings. The lowest BCUT2D eigenvalue weighted by Crippen LogP contribution is -2.02. The van der Waals surface area contributed by atoms with Gasteiger partial charge >= 0.3 is 0 Å². The highest BCUT2D eigenvalue weighted by Gasteiger charge is 2.06. The summed E-state index contributed by atoms with van der Waals surface area (Å²) in [4.78, 5) is 0. The lowest BCUT2D eigenvalue weighted by Gasteiger charge is -2.05. The second-order valence-electron chi connectivity index (χ2n) is 3.32. The van der Waals surface area contributed by atoms with Gasteiger partial charge in [0.2, 0.25) is 0 Å². The Morgan fingerprint density at radius 3 is 2.81 bits per heavy atom. The highest BCUT2D eigenvalue weighted by atomic mass is 16.5. The summed E-state index contributed by atoms with van der Waals surface area (Å²) >= 11 is 0. The summed E-state index contributed by atoms with van der Waals surface area (Å²) in [6.07, 6.45) is 0. The molecule has 0 atom stereocenters. The van der Waals surface area contributed by atoms with Gasteiger partial charge in [-0.1, -0.05) is 6.07 Å². The number of nitrogen functional groups attached to an aromatic ring is 1. The number of aromatic nitrogens is 2. The maximum atomic E-state index is 5.86. The first-order valence-corrected chi connectivity index (χ1v) is 4.92. The van der Waals surface area contributed by atoms with Crippen LogP contribution < -0.4 is 15.8 Å². The number of hydrogen-bond acceptors (Lipinski definition) is 4. The van der Waals surface area contributed by atoms with Gasteiger partial charge in [0.25, 0.3) is 0 Å². The number of methoxy groups -OCH3 is 1. The van der Waals surface area contributed by atoms with E-state index in [1.54, 1.807) is 24.9 Å². The molecular weight excluding hydrogens is 204 g/mol. The summed E-state index contributed by atoms with van der Waals surface area (Å²) in [5, 5.41) is 7.24. The van der Waals surface area contributed by atoms with E-state index in [2.05, 4.69) is 10.4 Å². The zero-order valence-electron chi connectivity index (χ0n) is 9.27. The van der Waals surface area contributed by atoms with E-state index in [9.17, 15) is 0 Å². The fraction of sp³-hybridized carbons (Fsp3) is 0.182. The van der Waals surface area contributed by atoms with Crippen LogP contribution in [0.25, 0.3) is 5.69 Å². The van der Waals surface area contributed by atoms with Crippen molar-refractivity contribution in [3.05, 3.63) is 30.3 Å². The maximum Gasteiger partial charge on any atom is 0.150 e. The van der Waals surface area contributed by atoms with Crippen molar-refractivity contribution in [2.24, 2.45) is 0 Å². The number of benzene rings is 1. The van der Waals surface area contributed by atoms with Crippen molar-refractivity contribution in [3.63, 3.8) is 0 Å². The van der Waals surface area contributed by atoms with Crippen molar-refractivity contribution >= 4 is 11.6 Å². The lowest BCUT2D eigenvalue weighted by atomic mass is 10.3. The zero-order chi connectivity index (χ0) is 11.5. The minimum atomic E-state index is 0.581. The third kappa shape index (κ3) is 1.79. The molecule has 0 bridgehead atoms. The summed E-state index contributed by atoms with van der Waals surface area (Å²) in [5.41, 5.74) is 6.73. The van der Waals surface area contributed by atoms with E-state index in [4.69, 9.17) is 10.5 Å². The van der Waals surface area contributed by atoms with Gasteiger partial charge in [-0.15, -0.1) is 5.10 Å². The number of nitrogens with one attached hydrogen (secondary N) is 1. The quantitative estimate of drug-likeness (QED) is 0.819. The number of nitrogens with zero attached hydrogens (tertiary/aromatic N) is 2. The number of nitrogens with two attached hydrogens (primary N) is 1. The van der Waals surface area contributed by atoms with E-state index < -0.39 is 0 Å². The summed E-state index contributed by atoms with van der Waals surface area (Å²) in [7, 11) is 3.43. The highest BCUT2D eigenvalue weighted by molar-refractivity contribution is 5.51. The number of ether oxygens (including phenoxy) is 1. The molecule has 1 aromatic heterocycles. The van der Waals surface area contributed by atoms with Crippen LogP contribution in [-0.2, 0) is 0 Å². The summed E-state index contributed by atoms with van der Waals surface area (Å²) in [6.45, 7) is 0. The first-order chi connectivity index (χ1) is 7.74. The Hall–Kier alpha value is -2.17. The Balaban J connectivity index is 2.45. The largest absolute Gasteiger partial charge is 0.497 e. The SMILES string of the molecule is CNc1cc(N)n(-c2cccc(OC)c2)n1. The molecule has 0 saturated heterocycles. The van der Waals surface area contributed by atoms with Crippen LogP contribution in [0.1, 0.15) is 0 Å². The molecule has 0 saturated carbocycles. The Labute approximate surface area is 93.8 Å². The van der Waals surface area contributed by atoms with Gasteiger partial charge in [-0.25, -0.2) is 4.68 Å². The van der Waals surface area contributed by atoms with E-state index in [-0.39, 0.29) is 0 Å². The van der Waals surface area contributed by atoms with E-state index in [0.717, 1.165) is 17.3 Å². The Bertz CT molecular complexity index is 492. The molecule has 0 fully saturated rings. The van der Waals surface area contributed by atoms with Crippen LogP contribution in [0.4, 0.5) is 11.6 Å². The Kier molecular flexibility index (Phi) is 2.68. The molecular formula is C11H14N4O. The molecule has 1 aromatic carbocycles. The average Bonchev–Trinajstić information content (AvgIpc) is 2.71. The van der Waals surface area contributed by atoms with Crippen LogP contribution in [0.5, 0.6) is 5.75 Å². The smallest absolute Gasteiger partial charge is 0.150 e. The van der Waals surface area contributed by atoms with Gasteiger partial charge in [-0.3, -0.25) is 0 Å². The van der Waals surface area contributed by atoms with Crippen LogP contribution in [0.3, 0.4) is 0 Å². The summed E-state index contributed by atoms with van der Waals surface area (Å²) in [6, 6.07) is 9.35. The lowest BCUT2D eigenvalue weighted by molar-refractivity contribution is 0.414. The minimum Gasteiger partial charge on any atom is -0.497 e. The summed E-state index contributed by atoms with van der Waals surface area (Å²) < 4.78 is 6.81. The molecule has 5 nitrogen and oxygen atoms in total. The molecule has 0 amide bonds. The maximum absolute atomic E-state index is 5.86. The van der Waals surface area contributed by atoms with Gasteiger partial charge in [-0.2, -0.15) is 0 Å². The molecule has 0 aliphatic rings. The normalized spacial score (nSPS) is 10.1. The van der Waals surface area contributed by atoms with E-state index in [1.165, 1.54) is 0 Å². The van der Waals surface area contributed by atoms with Gasteiger partial charge < -0.3 is 15.8 Å². The molecule has 0 aliphatic heterocycles. The Morgan fingerprint density at radius 2 is 2.19 bits per heavy atom. The van der Waals surface area contributed by atoms with Crippen molar-refractivity contribution < 1.29 is 4.74 Å². The standard InChI is InChI=1S/C11H14N4O/c1-13-11-7-10(12)15(14-11)8-4-3-5-9(6-8)16-2/h3-7H,12H2,1-2H3,(H,13,14). The van der Waals surface area contributed by atoms with Crippen molar-refractivity contribution in [2.75, 3.05) is 25.2 Å². The first-order valence-electron chi connectivity index (χ1n) is 4.92. The topological polar surface area (TPSA) is 65.1 Å². The van der Waals surface area contributed by atoms with Crippen LogP contribution >= 0.6 is 0 Å². The van der Waals surface area contributed by atoms with E-state index in [1.807, 2.05) is 24.3 Å². The first kappa shape index (κ1) is 10.4. The van der Waals surface area contributed by atoms with Crippen molar-refractivity contribution in [1.29, 1.82) is 0 Å². The zero-order valence-corrected chi connectivity index (χ0v) is 9.27. The van der Waals surface area contributed by atoms with Crippen molar-refractivity contribution in [3.8, 4) is 11.4 Å². The van der Waals surface area contributed by atoms with Gasteiger partial charge in [0, 0.05) is 19.2 Å². The van der Waals surface area contributed by atoms with E-state index in [0.29, 0.717) is 5.82 Å². The predicted molar refractivity (Wildman–Crippen MR) is 64.1 cm³/mol. The summed E-state index contributed by atoms with van der Waals surface area (Å²) in [5.74, 6) is 2.09. The molecule has 0 spiro atoms. The van der Waals surface area contributed by atoms with Gasteiger partial charge in [0.1, 0.15) is 17.4 Å². The van der Waals surface area contributed by atoms with Crippen molar-refractivity contribution in [2.45, 2.75) is 0 Å². The van der Waals surface area contributed by atoms with Gasteiger partial charge in [0.05, 0.1) is 12.8 Å². The van der Waals surface area contributed by atoms with Gasteiger partial charge in [0.15, 0.2) is 0 Å².